The first-order valence-corrected chi connectivity index (χ1v) is 9.73. The normalized spacial score (nSPS) is 30.4. The molecular formula is C24H44O6. The summed E-state index contributed by atoms with van der Waals surface area (Å²) >= 11 is 0. The van der Waals surface area contributed by atoms with Gasteiger partial charge in [-0.3, -0.25) is 4.79 Å². The molecule has 0 aromatic heterocycles. The van der Waals surface area contributed by atoms with E-state index in [2.05, 4.69) is 19.7 Å². The molecule has 2 heterocycles. The highest BCUT2D eigenvalue weighted by Crippen LogP contribution is 2.36. The second kappa shape index (κ2) is 11.9. The van der Waals surface area contributed by atoms with Gasteiger partial charge in [0, 0.05) is 6.42 Å². The summed E-state index contributed by atoms with van der Waals surface area (Å²) in [6, 6.07) is 0. The Hall–Kier alpha value is -1.31. The molecule has 0 bridgehead atoms. The van der Waals surface area contributed by atoms with Crippen LogP contribution in [0.5, 0.6) is 0 Å². The molecule has 6 heteroatoms. The third-order valence-corrected chi connectivity index (χ3v) is 4.80. The molecule has 5 atom stereocenters. The summed E-state index contributed by atoms with van der Waals surface area (Å²) in [5, 5.41) is 10.3. The summed E-state index contributed by atoms with van der Waals surface area (Å²) in [4.78, 5) is 11.4. The lowest BCUT2D eigenvalue weighted by Gasteiger charge is -2.31. The summed E-state index contributed by atoms with van der Waals surface area (Å²) < 4.78 is 22.2. The van der Waals surface area contributed by atoms with Gasteiger partial charge in [-0.25, -0.2) is 0 Å². The second-order valence-corrected chi connectivity index (χ2v) is 7.88. The molecule has 0 aromatic carbocycles. The van der Waals surface area contributed by atoms with Gasteiger partial charge in [0.2, 0.25) is 0 Å². The Morgan fingerprint density at radius 1 is 0.933 bits per heavy atom. The van der Waals surface area contributed by atoms with Gasteiger partial charge in [0.15, 0.2) is 17.4 Å². The summed E-state index contributed by atoms with van der Waals surface area (Å²) in [5.74, 6) is -1.29. The lowest BCUT2D eigenvalue weighted by Crippen LogP contribution is -2.45. The first kappa shape index (κ1) is 30.9. The number of hydrogen-bond acceptors (Lipinski definition) is 6. The van der Waals surface area contributed by atoms with E-state index in [1.54, 1.807) is 26.0 Å². The maximum Gasteiger partial charge on any atom is 0.164 e. The van der Waals surface area contributed by atoms with Gasteiger partial charge < -0.3 is 24.1 Å². The van der Waals surface area contributed by atoms with Gasteiger partial charge in [0.25, 0.3) is 0 Å². The van der Waals surface area contributed by atoms with Gasteiger partial charge in [-0.2, -0.15) is 0 Å². The van der Waals surface area contributed by atoms with Crippen molar-refractivity contribution in [1.82, 2.24) is 0 Å². The van der Waals surface area contributed by atoms with Crippen LogP contribution < -0.4 is 0 Å². The highest BCUT2D eigenvalue weighted by Gasteiger charge is 2.49. The third-order valence-electron chi connectivity index (χ3n) is 4.80. The Balaban J connectivity index is 0. The van der Waals surface area contributed by atoms with Gasteiger partial charge >= 0.3 is 0 Å². The van der Waals surface area contributed by atoms with E-state index in [9.17, 15) is 9.90 Å². The zero-order chi connectivity index (χ0) is 21.8. The van der Waals surface area contributed by atoms with Crippen LogP contribution >= 0.6 is 0 Å². The van der Waals surface area contributed by atoms with Crippen LogP contribution in [-0.4, -0.2) is 52.5 Å². The molecule has 0 unspecified atom stereocenters. The lowest BCUT2D eigenvalue weighted by molar-refractivity contribution is -0.162. The minimum absolute atomic E-state index is 0. The topological polar surface area (TPSA) is 74.2 Å². The fourth-order valence-electron chi connectivity index (χ4n) is 3.22. The van der Waals surface area contributed by atoms with Crippen molar-refractivity contribution in [2.75, 3.05) is 0 Å². The van der Waals surface area contributed by atoms with Crippen LogP contribution in [0.2, 0.25) is 0 Å². The van der Waals surface area contributed by atoms with Crippen molar-refractivity contribution in [1.29, 1.82) is 0 Å². The van der Waals surface area contributed by atoms with E-state index in [-0.39, 0.29) is 32.8 Å². The van der Waals surface area contributed by atoms with Crippen molar-refractivity contribution < 1.29 is 28.8 Å². The van der Waals surface area contributed by atoms with Crippen molar-refractivity contribution in [2.45, 2.75) is 111 Å². The predicted molar refractivity (Wildman–Crippen MR) is 122 cm³/mol. The molecule has 0 spiro atoms. The molecule has 2 aliphatic heterocycles. The Kier molecular flexibility index (Phi) is 12.3. The number of carbonyl (C=O) groups is 1. The molecule has 0 amide bonds. The van der Waals surface area contributed by atoms with Crippen molar-refractivity contribution in [3.05, 3.63) is 38.0 Å². The van der Waals surface area contributed by atoms with Crippen LogP contribution in [0.1, 0.15) is 69.2 Å². The number of carbonyl (C=O) groups excluding carboxylic acids is 1. The van der Waals surface area contributed by atoms with Crippen LogP contribution in [-0.2, 0) is 23.7 Å². The van der Waals surface area contributed by atoms with E-state index in [0.29, 0.717) is 12.8 Å². The summed E-state index contributed by atoms with van der Waals surface area (Å²) in [5.41, 5.74) is -1.06. The van der Waals surface area contributed by atoms with Gasteiger partial charge in [0.05, 0.1) is 0 Å². The Labute approximate surface area is 183 Å². The van der Waals surface area contributed by atoms with Crippen molar-refractivity contribution in [3.8, 4) is 0 Å². The molecular weight excluding hydrogens is 384 g/mol. The smallest absolute Gasteiger partial charge is 0.164 e. The molecule has 0 aliphatic carbocycles. The van der Waals surface area contributed by atoms with Crippen LogP contribution in [0.15, 0.2) is 38.0 Å². The molecule has 0 saturated carbocycles. The zero-order valence-electron chi connectivity index (χ0n) is 18.1. The molecule has 30 heavy (non-hydrogen) atoms. The molecule has 176 valence electrons. The first-order valence-electron chi connectivity index (χ1n) is 9.73. The van der Waals surface area contributed by atoms with Gasteiger partial charge in [-0.1, -0.05) is 46.9 Å². The van der Waals surface area contributed by atoms with Crippen molar-refractivity contribution in [3.63, 3.8) is 0 Å². The largest absolute Gasteiger partial charge is 0.383 e. The van der Waals surface area contributed by atoms with E-state index >= 15 is 0 Å². The quantitative estimate of drug-likeness (QED) is 0.578. The van der Waals surface area contributed by atoms with Crippen LogP contribution in [0.3, 0.4) is 0 Å². The zero-order valence-corrected chi connectivity index (χ0v) is 18.1. The molecule has 2 saturated heterocycles. The molecule has 2 rings (SSSR count). The van der Waals surface area contributed by atoms with Crippen molar-refractivity contribution in [2.24, 2.45) is 0 Å². The monoisotopic (exact) mass is 428 g/mol. The first-order chi connectivity index (χ1) is 12.9. The average molecular weight is 429 g/mol. The van der Waals surface area contributed by atoms with Gasteiger partial charge in [-0.05, 0) is 34.1 Å². The Morgan fingerprint density at radius 2 is 1.40 bits per heavy atom. The van der Waals surface area contributed by atoms with Crippen LogP contribution in [0, 0.1) is 0 Å². The van der Waals surface area contributed by atoms with Crippen LogP contribution in [0.4, 0.5) is 0 Å². The Morgan fingerprint density at radius 3 is 1.80 bits per heavy atom. The van der Waals surface area contributed by atoms with Gasteiger partial charge in [0.1, 0.15) is 30.0 Å². The molecule has 2 fully saturated rings. The molecule has 0 radical (unpaired) electrons. The summed E-state index contributed by atoms with van der Waals surface area (Å²) in [7, 11) is 0. The fourth-order valence-corrected chi connectivity index (χ4v) is 3.22. The van der Waals surface area contributed by atoms with Crippen LogP contribution in [0.25, 0.3) is 0 Å². The SMILES string of the molecule is C.C.C=C[C@@H]1OC(C)(C)O[C@@H]1C(=O)CC.C=C[C@@H]1OC(C)(C)O[C@@H]1[C@@](O)(C=C)CC. The Bertz CT molecular complexity index is 582. The van der Waals surface area contributed by atoms with E-state index in [1.807, 2.05) is 27.7 Å². The highest BCUT2D eigenvalue weighted by atomic mass is 16.8. The average Bonchev–Trinajstić information content (AvgIpc) is 3.15. The van der Waals surface area contributed by atoms with E-state index < -0.39 is 29.4 Å². The highest BCUT2D eigenvalue weighted by molar-refractivity contribution is 5.84. The number of rotatable bonds is 7. The molecule has 0 aromatic rings. The van der Waals surface area contributed by atoms with Gasteiger partial charge in [-0.15, -0.1) is 19.7 Å². The number of Topliss-reactive ketones (excluding diaryl/α,β-unsaturated/α-hetero) is 1. The standard InChI is InChI=1S/C12H20O3.C10H16O3.2CH4/c1-6-9-10(12(13,7-2)8-3)15-11(4,5)14-9;1-5-7(11)9-8(6-2)12-10(3,4)13-9;;/h6-7,9-10,13H,1-2,8H2,3-5H3;6,8-9H,2,5H2,1,3-4H3;2*1H4/t9-,10-,12+;8-,9+;;/m00../s1. The number of ketones is 1. The number of aliphatic hydroxyl groups is 1. The fraction of sp³-hybridized carbons (Fsp3) is 0.708. The second-order valence-electron chi connectivity index (χ2n) is 7.88. The van der Waals surface area contributed by atoms with Crippen molar-refractivity contribution >= 4 is 5.78 Å². The predicted octanol–water partition coefficient (Wildman–Crippen LogP) is 4.96. The third kappa shape index (κ3) is 7.43. The number of hydrogen-bond donors (Lipinski definition) is 1. The number of ether oxygens (including phenoxy) is 4. The minimum Gasteiger partial charge on any atom is -0.383 e. The van der Waals surface area contributed by atoms with E-state index in [1.165, 1.54) is 6.08 Å². The lowest BCUT2D eigenvalue weighted by atomic mass is 9.90. The van der Waals surface area contributed by atoms with E-state index in [0.717, 1.165) is 0 Å². The minimum atomic E-state index is -1.06. The molecule has 1 N–H and O–H groups in total. The summed E-state index contributed by atoms with van der Waals surface area (Å²) in [6.45, 7) is 21.9. The molecule has 6 nitrogen and oxygen atoms in total. The van der Waals surface area contributed by atoms with E-state index in [4.69, 9.17) is 18.9 Å². The summed E-state index contributed by atoms with van der Waals surface area (Å²) in [6.07, 6.45) is 4.27. The maximum absolute atomic E-state index is 11.4. The maximum atomic E-state index is 11.4. The molecule has 2 aliphatic rings.